The first-order chi connectivity index (χ1) is 18.0. The van der Waals surface area contributed by atoms with Crippen molar-refractivity contribution in [1.82, 2.24) is 24.3 Å². The minimum absolute atomic E-state index is 0.00524. The summed E-state index contributed by atoms with van der Waals surface area (Å²) in [4.78, 5) is 22.4. The van der Waals surface area contributed by atoms with Crippen molar-refractivity contribution in [2.45, 2.75) is 45.3 Å². The van der Waals surface area contributed by atoms with Crippen LogP contribution in [0.5, 0.6) is 5.75 Å². The molecule has 2 N–H and O–H groups in total. The topological polar surface area (TPSA) is 108 Å². The van der Waals surface area contributed by atoms with Crippen molar-refractivity contribution in [1.29, 1.82) is 0 Å². The fourth-order valence-electron chi connectivity index (χ4n) is 4.97. The highest BCUT2D eigenvalue weighted by Crippen LogP contribution is 2.40. The van der Waals surface area contributed by atoms with E-state index in [1.165, 1.54) is 0 Å². The summed E-state index contributed by atoms with van der Waals surface area (Å²) < 4.78 is 15.8. The zero-order valence-corrected chi connectivity index (χ0v) is 21.3. The Hall–Kier alpha value is -3.92. The SMILES string of the molecule is COc1c(Nc2cc(NC(=O)C3CC3)nc3c2nc(C)n3C2CCCCO2)cccc1-c1cnn(C)c1. The third kappa shape index (κ3) is 4.53. The molecule has 1 aliphatic carbocycles. The lowest BCUT2D eigenvalue weighted by atomic mass is 10.1. The maximum absolute atomic E-state index is 12.6. The average Bonchev–Trinajstić information content (AvgIpc) is 3.58. The first-order valence-corrected chi connectivity index (χ1v) is 12.8. The second-order valence-corrected chi connectivity index (χ2v) is 9.76. The van der Waals surface area contributed by atoms with E-state index in [-0.39, 0.29) is 18.1 Å². The molecule has 10 nitrogen and oxygen atoms in total. The highest BCUT2D eigenvalue weighted by Gasteiger charge is 2.30. The molecule has 4 heterocycles. The molecule has 192 valence electrons. The fraction of sp³-hybridized carbons (Fsp3) is 0.407. The number of anilines is 3. The fourth-order valence-corrected chi connectivity index (χ4v) is 4.97. The van der Waals surface area contributed by atoms with Gasteiger partial charge in [0.05, 0.1) is 24.7 Å². The number of aryl methyl sites for hydroxylation is 2. The normalized spacial score (nSPS) is 17.6. The highest BCUT2D eigenvalue weighted by molar-refractivity contribution is 5.97. The summed E-state index contributed by atoms with van der Waals surface area (Å²) in [5.74, 6) is 2.07. The van der Waals surface area contributed by atoms with Crippen LogP contribution < -0.4 is 15.4 Å². The van der Waals surface area contributed by atoms with E-state index in [1.54, 1.807) is 11.8 Å². The summed E-state index contributed by atoms with van der Waals surface area (Å²) in [5, 5.41) is 10.8. The molecule has 4 aromatic rings. The van der Waals surface area contributed by atoms with Crippen molar-refractivity contribution in [3.8, 4) is 16.9 Å². The van der Waals surface area contributed by atoms with Gasteiger partial charge in [0.15, 0.2) is 5.65 Å². The number of rotatable bonds is 7. The molecule has 3 aromatic heterocycles. The molecule has 0 spiro atoms. The number of fused-ring (bicyclic) bond motifs is 1. The van der Waals surface area contributed by atoms with Crippen LogP contribution in [0.4, 0.5) is 17.2 Å². The number of methoxy groups -OCH3 is 1. The van der Waals surface area contributed by atoms with E-state index in [9.17, 15) is 4.79 Å². The summed E-state index contributed by atoms with van der Waals surface area (Å²) in [6.45, 7) is 2.68. The lowest BCUT2D eigenvalue weighted by molar-refractivity contribution is -0.117. The molecule has 1 saturated carbocycles. The van der Waals surface area contributed by atoms with Crippen LogP contribution in [-0.2, 0) is 16.6 Å². The largest absolute Gasteiger partial charge is 0.494 e. The predicted molar refractivity (Wildman–Crippen MR) is 141 cm³/mol. The van der Waals surface area contributed by atoms with Gasteiger partial charge in [0, 0.05) is 43.0 Å². The van der Waals surface area contributed by atoms with Crippen LogP contribution >= 0.6 is 0 Å². The Kier molecular flexibility index (Phi) is 6.03. The Morgan fingerprint density at radius 1 is 1.16 bits per heavy atom. The van der Waals surface area contributed by atoms with Crippen LogP contribution in [-0.4, -0.2) is 43.9 Å². The number of carbonyl (C=O) groups is 1. The van der Waals surface area contributed by atoms with Crippen molar-refractivity contribution in [3.05, 3.63) is 42.5 Å². The second-order valence-electron chi connectivity index (χ2n) is 9.76. The molecular formula is C27H31N7O3. The molecule has 1 atom stereocenters. The molecule has 1 amide bonds. The van der Waals surface area contributed by atoms with Crippen LogP contribution in [0.25, 0.3) is 22.3 Å². The summed E-state index contributed by atoms with van der Waals surface area (Å²) in [6, 6.07) is 7.78. The van der Waals surface area contributed by atoms with Crippen LogP contribution in [0.15, 0.2) is 36.7 Å². The van der Waals surface area contributed by atoms with Crippen molar-refractivity contribution in [2.75, 3.05) is 24.4 Å². The number of ether oxygens (including phenoxy) is 2. The number of hydrogen-bond acceptors (Lipinski definition) is 7. The van der Waals surface area contributed by atoms with E-state index in [1.807, 2.05) is 50.6 Å². The Labute approximate surface area is 215 Å². The van der Waals surface area contributed by atoms with Gasteiger partial charge in [0.2, 0.25) is 5.91 Å². The van der Waals surface area contributed by atoms with Gasteiger partial charge in [-0.05, 0) is 45.1 Å². The first kappa shape index (κ1) is 23.5. The number of imidazole rings is 1. The Morgan fingerprint density at radius 2 is 2.03 bits per heavy atom. The maximum atomic E-state index is 12.6. The van der Waals surface area contributed by atoms with Crippen LogP contribution in [0.1, 0.15) is 44.2 Å². The van der Waals surface area contributed by atoms with Crippen molar-refractivity contribution < 1.29 is 14.3 Å². The summed E-state index contributed by atoms with van der Waals surface area (Å²) in [7, 11) is 3.54. The van der Waals surface area contributed by atoms with Gasteiger partial charge in [0.1, 0.15) is 29.1 Å². The molecule has 2 aliphatic rings. The van der Waals surface area contributed by atoms with Crippen molar-refractivity contribution in [3.63, 3.8) is 0 Å². The number of hydrogen-bond donors (Lipinski definition) is 2. The van der Waals surface area contributed by atoms with E-state index in [2.05, 4.69) is 20.3 Å². The average molecular weight is 502 g/mol. The Balaban J connectivity index is 1.45. The molecule has 10 heteroatoms. The van der Waals surface area contributed by atoms with Gasteiger partial charge in [-0.15, -0.1) is 0 Å². The number of aromatic nitrogens is 5. The number of pyridine rings is 1. The van der Waals surface area contributed by atoms with Crippen LogP contribution in [0, 0.1) is 12.8 Å². The van der Waals surface area contributed by atoms with Gasteiger partial charge in [-0.1, -0.05) is 12.1 Å². The summed E-state index contributed by atoms with van der Waals surface area (Å²) >= 11 is 0. The molecule has 2 fully saturated rings. The van der Waals surface area contributed by atoms with Crippen molar-refractivity contribution >= 4 is 34.3 Å². The molecule has 1 saturated heterocycles. The number of para-hydroxylation sites is 1. The third-order valence-electron chi connectivity index (χ3n) is 6.97. The number of nitrogens with one attached hydrogen (secondary N) is 2. The minimum atomic E-state index is -0.128. The lowest BCUT2D eigenvalue weighted by Crippen LogP contribution is -2.20. The maximum Gasteiger partial charge on any atom is 0.228 e. The summed E-state index contributed by atoms with van der Waals surface area (Å²) in [6.07, 6.45) is 8.52. The molecular weight excluding hydrogens is 470 g/mol. The molecule has 6 rings (SSSR count). The molecule has 0 radical (unpaired) electrons. The van der Waals surface area contributed by atoms with E-state index < -0.39 is 0 Å². The number of amides is 1. The minimum Gasteiger partial charge on any atom is -0.494 e. The van der Waals surface area contributed by atoms with E-state index in [4.69, 9.17) is 19.4 Å². The standard InChI is InChI=1S/C27H31N7O3/c1-16-29-24-21(30-20-8-6-7-19(25(20)36-3)18-14-28-33(2)15-18)13-22(32-27(35)17-10-11-17)31-26(24)34(16)23-9-4-5-12-37-23/h6-8,13-15,17,23H,4-5,9-12H2,1-3H3,(H2,30,31,32,35). The molecule has 1 unspecified atom stereocenters. The lowest BCUT2D eigenvalue weighted by Gasteiger charge is -2.25. The Morgan fingerprint density at radius 3 is 2.73 bits per heavy atom. The molecule has 0 bridgehead atoms. The van der Waals surface area contributed by atoms with Gasteiger partial charge < -0.3 is 20.1 Å². The second kappa shape index (κ2) is 9.51. The quantitative estimate of drug-likeness (QED) is 0.369. The van der Waals surface area contributed by atoms with E-state index >= 15 is 0 Å². The molecule has 1 aromatic carbocycles. The van der Waals surface area contributed by atoms with Gasteiger partial charge >= 0.3 is 0 Å². The van der Waals surface area contributed by atoms with Gasteiger partial charge in [0.25, 0.3) is 0 Å². The first-order valence-electron chi connectivity index (χ1n) is 12.8. The molecule has 1 aliphatic heterocycles. The zero-order chi connectivity index (χ0) is 25.5. The van der Waals surface area contributed by atoms with Crippen molar-refractivity contribution in [2.24, 2.45) is 13.0 Å². The van der Waals surface area contributed by atoms with Gasteiger partial charge in [-0.3, -0.25) is 14.0 Å². The predicted octanol–water partition coefficient (Wildman–Crippen LogP) is 4.94. The highest BCUT2D eigenvalue weighted by atomic mass is 16.5. The van der Waals surface area contributed by atoms with Crippen LogP contribution in [0.2, 0.25) is 0 Å². The number of benzene rings is 1. The third-order valence-corrected chi connectivity index (χ3v) is 6.97. The number of nitrogens with zero attached hydrogens (tertiary/aromatic N) is 5. The smallest absolute Gasteiger partial charge is 0.228 e. The van der Waals surface area contributed by atoms with Gasteiger partial charge in [-0.2, -0.15) is 5.10 Å². The van der Waals surface area contributed by atoms with Crippen LogP contribution in [0.3, 0.4) is 0 Å². The van der Waals surface area contributed by atoms with Gasteiger partial charge in [-0.25, -0.2) is 9.97 Å². The summed E-state index contributed by atoms with van der Waals surface area (Å²) in [5.41, 5.74) is 4.78. The number of carbonyl (C=O) groups excluding carboxylic acids is 1. The zero-order valence-electron chi connectivity index (χ0n) is 21.3. The Bertz CT molecular complexity index is 1460. The molecule has 37 heavy (non-hydrogen) atoms. The van der Waals surface area contributed by atoms with E-state index in [0.29, 0.717) is 29.3 Å². The van der Waals surface area contributed by atoms with E-state index in [0.717, 1.165) is 60.4 Å². The monoisotopic (exact) mass is 501 g/mol.